The fraction of sp³-hybridized carbons (Fsp3) is 0.600. The number of aromatic nitrogens is 2. The van der Waals surface area contributed by atoms with Gasteiger partial charge in [-0.15, -0.1) is 0 Å². The Bertz CT molecular complexity index is 345. The number of nitrogens with one attached hydrogen (secondary N) is 1. The number of aliphatic hydroxyl groups is 3. The average Bonchev–Trinajstić information content (AvgIpc) is 2.31. The molecule has 6 heteroatoms. The summed E-state index contributed by atoms with van der Waals surface area (Å²) in [6.45, 7) is 2.36. The van der Waals surface area contributed by atoms with Crippen LogP contribution in [0.4, 0.5) is 5.82 Å². The fourth-order valence-corrected chi connectivity index (χ4v) is 1.18. The Balaban J connectivity index is 2.97. The maximum atomic E-state index is 9.17. The Kier molecular flexibility index (Phi) is 4.17. The van der Waals surface area contributed by atoms with Gasteiger partial charge in [0.15, 0.2) is 0 Å². The van der Waals surface area contributed by atoms with Gasteiger partial charge in [0.25, 0.3) is 0 Å². The third-order valence-electron chi connectivity index (χ3n) is 2.37. The van der Waals surface area contributed by atoms with Crippen molar-refractivity contribution in [2.45, 2.75) is 19.4 Å². The SMILES string of the molecule is Cc1cnc(C)c(NC(CO)(CO)CO)n1. The van der Waals surface area contributed by atoms with E-state index >= 15 is 0 Å². The third-order valence-corrected chi connectivity index (χ3v) is 2.37. The van der Waals surface area contributed by atoms with Crippen LogP contribution in [0, 0.1) is 13.8 Å². The number of rotatable bonds is 5. The summed E-state index contributed by atoms with van der Waals surface area (Å²) in [7, 11) is 0. The minimum Gasteiger partial charge on any atom is -0.394 e. The molecule has 0 amide bonds. The van der Waals surface area contributed by atoms with Crippen LogP contribution in [0.5, 0.6) is 0 Å². The summed E-state index contributed by atoms with van der Waals surface area (Å²) in [5.41, 5.74) is 0.189. The number of aryl methyl sites for hydroxylation is 2. The Morgan fingerprint density at radius 2 is 1.75 bits per heavy atom. The molecule has 1 heterocycles. The molecule has 6 nitrogen and oxygen atoms in total. The maximum Gasteiger partial charge on any atom is 0.148 e. The summed E-state index contributed by atoms with van der Waals surface area (Å²) >= 11 is 0. The van der Waals surface area contributed by atoms with Crippen LogP contribution in [0.25, 0.3) is 0 Å². The Morgan fingerprint density at radius 3 is 2.25 bits per heavy atom. The Labute approximate surface area is 94.0 Å². The van der Waals surface area contributed by atoms with E-state index in [1.807, 2.05) is 0 Å². The number of hydrogen-bond donors (Lipinski definition) is 4. The van der Waals surface area contributed by atoms with E-state index in [4.69, 9.17) is 15.3 Å². The van der Waals surface area contributed by atoms with E-state index in [1.54, 1.807) is 20.0 Å². The van der Waals surface area contributed by atoms with Gasteiger partial charge in [0, 0.05) is 6.20 Å². The van der Waals surface area contributed by atoms with Crippen molar-refractivity contribution in [2.75, 3.05) is 25.1 Å². The molecule has 0 aliphatic rings. The van der Waals surface area contributed by atoms with Crippen molar-refractivity contribution in [3.05, 3.63) is 17.6 Å². The average molecular weight is 227 g/mol. The summed E-state index contributed by atoms with van der Waals surface area (Å²) in [4.78, 5) is 8.29. The van der Waals surface area contributed by atoms with Crippen LogP contribution in [-0.4, -0.2) is 50.6 Å². The van der Waals surface area contributed by atoms with Crippen LogP contribution in [0.1, 0.15) is 11.4 Å². The lowest BCUT2D eigenvalue weighted by atomic mass is 10.0. The van der Waals surface area contributed by atoms with Crippen LogP contribution in [-0.2, 0) is 0 Å². The van der Waals surface area contributed by atoms with Gasteiger partial charge in [-0.05, 0) is 13.8 Å². The second-order valence-electron chi connectivity index (χ2n) is 3.83. The van der Waals surface area contributed by atoms with E-state index in [1.165, 1.54) is 0 Å². The van der Waals surface area contributed by atoms with Crippen LogP contribution < -0.4 is 5.32 Å². The summed E-state index contributed by atoms with van der Waals surface area (Å²) in [6.07, 6.45) is 1.62. The zero-order chi connectivity index (χ0) is 12.2. The first-order chi connectivity index (χ1) is 7.56. The first kappa shape index (κ1) is 12.8. The number of hydrogen-bond acceptors (Lipinski definition) is 6. The van der Waals surface area contributed by atoms with E-state index in [-0.39, 0.29) is 0 Å². The molecule has 0 unspecified atom stereocenters. The van der Waals surface area contributed by atoms with Gasteiger partial charge in [-0.3, -0.25) is 4.98 Å². The monoisotopic (exact) mass is 227 g/mol. The van der Waals surface area contributed by atoms with Crippen molar-refractivity contribution in [1.82, 2.24) is 9.97 Å². The normalized spacial score (nSPS) is 11.6. The smallest absolute Gasteiger partial charge is 0.148 e. The molecule has 0 radical (unpaired) electrons. The van der Waals surface area contributed by atoms with Crippen molar-refractivity contribution < 1.29 is 15.3 Å². The maximum absolute atomic E-state index is 9.17. The van der Waals surface area contributed by atoms with Gasteiger partial charge in [0.1, 0.15) is 11.4 Å². The predicted molar refractivity (Wildman–Crippen MR) is 59.1 cm³/mol. The molecule has 1 aromatic rings. The fourth-order valence-electron chi connectivity index (χ4n) is 1.18. The van der Waals surface area contributed by atoms with E-state index in [0.717, 1.165) is 5.69 Å². The number of aliphatic hydroxyl groups excluding tert-OH is 3. The van der Waals surface area contributed by atoms with Crippen molar-refractivity contribution in [3.63, 3.8) is 0 Å². The molecule has 0 aliphatic carbocycles. The second-order valence-corrected chi connectivity index (χ2v) is 3.83. The molecule has 0 atom stereocenters. The topological polar surface area (TPSA) is 98.5 Å². The van der Waals surface area contributed by atoms with Crippen LogP contribution in [0.3, 0.4) is 0 Å². The van der Waals surface area contributed by atoms with Crippen LogP contribution in [0.15, 0.2) is 6.20 Å². The van der Waals surface area contributed by atoms with Crippen molar-refractivity contribution in [1.29, 1.82) is 0 Å². The van der Waals surface area contributed by atoms with Gasteiger partial charge in [-0.25, -0.2) is 4.98 Å². The van der Waals surface area contributed by atoms with E-state index in [9.17, 15) is 0 Å². The molecular weight excluding hydrogens is 210 g/mol. The molecule has 0 aromatic carbocycles. The summed E-state index contributed by atoms with van der Waals surface area (Å²) in [5.74, 6) is 0.456. The molecular formula is C10H17N3O3. The largest absolute Gasteiger partial charge is 0.394 e. The van der Waals surface area contributed by atoms with Gasteiger partial charge >= 0.3 is 0 Å². The van der Waals surface area contributed by atoms with Crippen molar-refractivity contribution in [3.8, 4) is 0 Å². The molecule has 0 saturated heterocycles. The van der Waals surface area contributed by atoms with Gasteiger partial charge in [-0.1, -0.05) is 0 Å². The first-order valence-electron chi connectivity index (χ1n) is 4.98. The highest BCUT2D eigenvalue weighted by atomic mass is 16.3. The van der Waals surface area contributed by atoms with Gasteiger partial charge in [-0.2, -0.15) is 0 Å². The van der Waals surface area contributed by atoms with E-state index in [0.29, 0.717) is 11.5 Å². The summed E-state index contributed by atoms with van der Waals surface area (Å²) in [5, 5.41) is 30.3. The minimum atomic E-state index is -1.17. The van der Waals surface area contributed by atoms with Crippen molar-refractivity contribution >= 4 is 5.82 Å². The molecule has 16 heavy (non-hydrogen) atoms. The van der Waals surface area contributed by atoms with Crippen LogP contribution >= 0.6 is 0 Å². The molecule has 90 valence electrons. The van der Waals surface area contributed by atoms with Gasteiger partial charge in [0.2, 0.25) is 0 Å². The lowest BCUT2D eigenvalue weighted by molar-refractivity contribution is 0.0830. The van der Waals surface area contributed by atoms with Crippen LogP contribution in [0.2, 0.25) is 0 Å². The predicted octanol–water partition coefficient (Wildman–Crippen LogP) is -0.779. The lowest BCUT2D eigenvalue weighted by Crippen LogP contribution is -2.49. The Hall–Kier alpha value is -1.24. The Morgan fingerprint density at radius 1 is 1.19 bits per heavy atom. The van der Waals surface area contributed by atoms with Gasteiger partial charge < -0.3 is 20.6 Å². The zero-order valence-corrected chi connectivity index (χ0v) is 9.43. The molecule has 1 rings (SSSR count). The van der Waals surface area contributed by atoms with E-state index < -0.39 is 25.4 Å². The molecule has 0 saturated carbocycles. The highest BCUT2D eigenvalue weighted by Crippen LogP contribution is 2.15. The number of nitrogens with zero attached hydrogens (tertiary/aromatic N) is 2. The highest BCUT2D eigenvalue weighted by Gasteiger charge is 2.28. The third kappa shape index (κ3) is 2.66. The molecule has 0 fully saturated rings. The summed E-state index contributed by atoms with van der Waals surface area (Å²) in [6, 6.07) is 0. The second kappa shape index (κ2) is 5.20. The minimum absolute atomic E-state index is 0.394. The number of anilines is 1. The highest BCUT2D eigenvalue weighted by molar-refractivity contribution is 5.42. The standard InChI is InChI=1S/C10H17N3O3/c1-7-3-11-8(2)9(12-7)13-10(4-14,5-15)6-16/h3,14-16H,4-6H2,1-2H3,(H,12,13). The first-order valence-corrected chi connectivity index (χ1v) is 4.98. The summed E-state index contributed by atoms with van der Waals surface area (Å²) < 4.78 is 0. The molecule has 0 spiro atoms. The molecule has 4 N–H and O–H groups in total. The van der Waals surface area contributed by atoms with Gasteiger partial charge in [0.05, 0.1) is 31.2 Å². The van der Waals surface area contributed by atoms with E-state index in [2.05, 4.69) is 15.3 Å². The molecule has 1 aromatic heterocycles. The quantitative estimate of drug-likeness (QED) is 0.527. The lowest BCUT2D eigenvalue weighted by Gasteiger charge is -2.29. The molecule has 0 bridgehead atoms. The van der Waals surface area contributed by atoms with Crippen molar-refractivity contribution in [2.24, 2.45) is 0 Å². The zero-order valence-electron chi connectivity index (χ0n) is 9.43. The molecule has 0 aliphatic heterocycles.